The third-order valence-corrected chi connectivity index (χ3v) is 5.88. The molecule has 4 heteroatoms. The quantitative estimate of drug-likeness (QED) is 0.744. The van der Waals surface area contributed by atoms with E-state index >= 15 is 0 Å². The van der Waals surface area contributed by atoms with Crippen LogP contribution in [0.3, 0.4) is 0 Å². The normalized spacial score (nSPS) is 18.3. The molecule has 0 bridgehead atoms. The SMILES string of the molecule is CN(CCC[C@@H]1CCCO1)C(=O)c1ccc(-c2ccc3c(c2)CCC3=O)cc1. The number of aryl methyl sites for hydroxylation is 1. The Bertz CT molecular complexity index is 866. The number of benzene rings is 2. The molecule has 146 valence electrons. The zero-order valence-electron chi connectivity index (χ0n) is 16.4. The molecule has 28 heavy (non-hydrogen) atoms. The number of Topliss-reactive ketones (excluding diaryl/α,β-unsaturated/α-hetero) is 1. The van der Waals surface area contributed by atoms with Crippen molar-refractivity contribution in [3.8, 4) is 11.1 Å². The summed E-state index contributed by atoms with van der Waals surface area (Å²) in [5.74, 6) is 0.295. The Kier molecular flexibility index (Phi) is 5.58. The molecule has 2 aromatic rings. The van der Waals surface area contributed by atoms with E-state index in [-0.39, 0.29) is 11.7 Å². The van der Waals surface area contributed by atoms with Crippen LogP contribution in [-0.2, 0) is 11.2 Å². The minimum atomic E-state index is 0.0541. The molecule has 2 aliphatic rings. The van der Waals surface area contributed by atoms with Crippen LogP contribution in [0, 0.1) is 0 Å². The topological polar surface area (TPSA) is 46.6 Å². The second-order valence-corrected chi connectivity index (χ2v) is 7.88. The maximum atomic E-state index is 12.7. The molecule has 4 rings (SSSR count). The number of fused-ring (bicyclic) bond motifs is 1. The summed E-state index contributed by atoms with van der Waals surface area (Å²) in [7, 11) is 1.86. The average Bonchev–Trinajstić information content (AvgIpc) is 3.37. The number of carbonyl (C=O) groups excluding carboxylic acids is 2. The molecule has 1 aliphatic heterocycles. The van der Waals surface area contributed by atoms with Gasteiger partial charge >= 0.3 is 0 Å². The van der Waals surface area contributed by atoms with E-state index in [4.69, 9.17) is 4.74 Å². The summed E-state index contributed by atoms with van der Waals surface area (Å²) in [5.41, 5.74) is 4.87. The summed E-state index contributed by atoms with van der Waals surface area (Å²) in [6.07, 6.45) is 6.13. The Balaban J connectivity index is 1.37. The Labute approximate surface area is 166 Å². The summed E-state index contributed by atoms with van der Waals surface area (Å²) in [6, 6.07) is 13.8. The number of amides is 1. The first-order valence-corrected chi connectivity index (χ1v) is 10.3. The molecule has 1 atom stereocenters. The molecule has 0 unspecified atom stereocenters. The van der Waals surface area contributed by atoms with Crippen LogP contribution in [0.2, 0.25) is 0 Å². The fourth-order valence-electron chi connectivity index (χ4n) is 4.19. The number of hydrogen-bond donors (Lipinski definition) is 0. The molecule has 0 radical (unpaired) electrons. The highest BCUT2D eigenvalue weighted by Crippen LogP contribution is 2.28. The van der Waals surface area contributed by atoms with Crippen molar-refractivity contribution >= 4 is 11.7 Å². The van der Waals surface area contributed by atoms with E-state index in [1.807, 2.05) is 43.4 Å². The van der Waals surface area contributed by atoms with Gasteiger partial charge in [-0.2, -0.15) is 0 Å². The van der Waals surface area contributed by atoms with Gasteiger partial charge in [0.15, 0.2) is 5.78 Å². The lowest BCUT2D eigenvalue weighted by molar-refractivity contribution is 0.0763. The summed E-state index contributed by atoms with van der Waals surface area (Å²) >= 11 is 0. The lowest BCUT2D eigenvalue weighted by atomic mass is 9.99. The van der Waals surface area contributed by atoms with Gasteiger partial charge < -0.3 is 9.64 Å². The van der Waals surface area contributed by atoms with Crippen molar-refractivity contribution in [1.29, 1.82) is 0 Å². The smallest absolute Gasteiger partial charge is 0.253 e. The van der Waals surface area contributed by atoms with E-state index in [1.54, 1.807) is 4.90 Å². The molecule has 4 nitrogen and oxygen atoms in total. The van der Waals surface area contributed by atoms with Gasteiger partial charge in [0, 0.05) is 37.7 Å². The molecule has 0 saturated carbocycles. The fourth-order valence-corrected chi connectivity index (χ4v) is 4.19. The van der Waals surface area contributed by atoms with Crippen molar-refractivity contribution in [3.05, 3.63) is 59.2 Å². The lowest BCUT2D eigenvalue weighted by Crippen LogP contribution is -2.28. The van der Waals surface area contributed by atoms with Gasteiger partial charge in [0.05, 0.1) is 6.10 Å². The van der Waals surface area contributed by atoms with Gasteiger partial charge in [0.2, 0.25) is 0 Å². The number of carbonyl (C=O) groups is 2. The monoisotopic (exact) mass is 377 g/mol. The van der Waals surface area contributed by atoms with Crippen LogP contribution < -0.4 is 0 Å². The van der Waals surface area contributed by atoms with E-state index in [0.717, 1.165) is 67.5 Å². The van der Waals surface area contributed by atoms with Crippen LogP contribution in [0.4, 0.5) is 0 Å². The number of ether oxygens (including phenoxy) is 1. The first kappa shape index (κ1) is 18.9. The zero-order chi connectivity index (χ0) is 19.5. The standard InChI is InChI=1S/C24H27NO3/c1-25(14-2-4-21-5-3-15-28-21)24(27)18-8-6-17(7-9-18)19-10-12-22-20(16-19)11-13-23(22)26/h6-10,12,16,21H,2-5,11,13-15H2,1H3/t21-/m1/s1. The molecule has 1 fully saturated rings. The Hall–Kier alpha value is -2.46. The van der Waals surface area contributed by atoms with Crippen LogP contribution in [0.1, 0.15) is 58.4 Å². The molecule has 1 saturated heterocycles. The van der Waals surface area contributed by atoms with E-state index in [2.05, 4.69) is 6.07 Å². The molecule has 2 aromatic carbocycles. The third kappa shape index (κ3) is 4.02. The van der Waals surface area contributed by atoms with Crippen LogP contribution in [-0.4, -0.2) is 42.9 Å². The first-order chi connectivity index (χ1) is 13.6. The second kappa shape index (κ2) is 8.27. The average molecular weight is 377 g/mol. The van der Waals surface area contributed by atoms with Crippen LogP contribution >= 0.6 is 0 Å². The number of rotatable bonds is 6. The van der Waals surface area contributed by atoms with Crippen LogP contribution in [0.15, 0.2) is 42.5 Å². The van der Waals surface area contributed by atoms with Gasteiger partial charge in [0.25, 0.3) is 5.91 Å². The fraction of sp³-hybridized carbons (Fsp3) is 0.417. The maximum Gasteiger partial charge on any atom is 0.253 e. The van der Waals surface area contributed by atoms with E-state index in [9.17, 15) is 9.59 Å². The largest absolute Gasteiger partial charge is 0.378 e. The molecule has 1 aliphatic carbocycles. The van der Waals surface area contributed by atoms with Gasteiger partial charge in [-0.05, 0) is 60.9 Å². The number of hydrogen-bond acceptors (Lipinski definition) is 3. The number of nitrogens with zero attached hydrogens (tertiary/aromatic N) is 1. The van der Waals surface area contributed by atoms with Gasteiger partial charge in [0.1, 0.15) is 0 Å². The van der Waals surface area contributed by atoms with Gasteiger partial charge in [-0.15, -0.1) is 0 Å². The van der Waals surface area contributed by atoms with E-state index in [1.165, 1.54) is 0 Å². The molecular weight excluding hydrogens is 350 g/mol. The molecule has 0 N–H and O–H groups in total. The highest BCUT2D eigenvalue weighted by Gasteiger charge is 2.20. The molecule has 0 spiro atoms. The minimum Gasteiger partial charge on any atom is -0.378 e. The lowest BCUT2D eigenvalue weighted by Gasteiger charge is -2.18. The summed E-state index contributed by atoms with van der Waals surface area (Å²) in [5, 5.41) is 0. The van der Waals surface area contributed by atoms with Gasteiger partial charge in [-0.1, -0.05) is 30.3 Å². The summed E-state index contributed by atoms with van der Waals surface area (Å²) < 4.78 is 5.65. The highest BCUT2D eigenvalue weighted by molar-refractivity contribution is 6.01. The Morgan fingerprint density at radius 3 is 2.64 bits per heavy atom. The first-order valence-electron chi connectivity index (χ1n) is 10.3. The summed E-state index contributed by atoms with van der Waals surface area (Å²) in [6.45, 7) is 1.63. The van der Waals surface area contributed by atoms with Crippen molar-refractivity contribution < 1.29 is 14.3 Å². The van der Waals surface area contributed by atoms with Crippen molar-refractivity contribution in [2.24, 2.45) is 0 Å². The molecular formula is C24H27NO3. The van der Waals surface area contributed by atoms with Crippen molar-refractivity contribution in [1.82, 2.24) is 4.90 Å². The van der Waals surface area contributed by atoms with Crippen molar-refractivity contribution in [3.63, 3.8) is 0 Å². The maximum absolute atomic E-state index is 12.7. The number of ketones is 1. The Morgan fingerprint density at radius 1 is 1.11 bits per heavy atom. The van der Waals surface area contributed by atoms with Crippen molar-refractivity contribution in [2.45, 2.75) is 44.6 Å². The summed E-state index contributed by atoms with van der Waals surface area (Å²) in [4.78, 5) is 26.3. The molecule has 1 amide bonds. The van der Waals surface area contributed by atoms with Gasteiger partial charge in [-0.25, -0.2) is 0 Å². The van der Waals surface area contributed by atoms with Crippen LogP contribution in [0.25, 0.3) is 11.1 Å². The Morgan fingerprint density at radius 2 is 1.89 bits per heavy atom. The predicted molar refractivity (Wildman–Crippen MR) is 110 cm³/mol. The van der Waals surface area contributed by atoms with E-state index in [0.29, 0.717) is 18.1 Å². The molecule has 0 aromatic heterocycles. The predicted octanol–water partition coefficient (Wildman–Crippen LogP) is 4.51. The van der Waals surface area contributed by atoms with E-state index < -0.39 is 0 Å². The van der Waals surface area contributed by atoms with Crippen molar-refractivity contribution in [2.75, 3.05) is 20.2 Å². The highest BCUT2D eigenvalue weighted by atomic mass is 16.5. The molecule has 1 heterocycles. The second-order valence-electron chi connectivity index (χ2n) is 7.88. The van der Waals surface area contributed by atoms with Gasteiger partial charge in [-0.3, -0.25) is 9.59 Å². The zero-order valence-corrected chi connectivity index (χ0v) is 16.4. The minimum absolute atomic E-state index is 0.0541. The third-order valence-electron chi connectivity index (χ3n) is 5.88. The van der Waals surface area contributed by atoms with Crippen LogP contribution in [0.5, 0.6) is 0 Å².